The Balaban J connectivity index is 1.65. The maximum absolute atomic E-state index is 9.87. The fourth-order valence-electron chi connectivity index (χ4n) is 5.19. The zero-order valence-electron chi connectivity index (χ0n) is 11.2. The van der Waals surface area contributed by atoms with Crippen LogP contribution in [0, 0.1) is 17.8 Å². The molecule has 98 valence electrons. The first kappa shape index (κ1) is 11.3. The van der Waals surface area contributed by atoms with Crippen molar-refractivity contribution in [3.8, 4) is 0 Å². The summed E-state index contributed by atoms with van der Waals surface area (Å²) in [4.78, 5) is 0. The average Bonchev–Trinajstić information content (AvgIpc) is 2.86. The Morgan fingerprint density at radius 2 is 1.94 bits per heavy atom. The third-order valence-corrected chi connectivity index (χ3v) is 6.01. The van der Waals surface area contributed by atoms with Crippen molar-refractivity contribution < 1.29 is 5.11 Å². The van der Waals surface area contributed by atoms with Crippen molar-refractivity contribution in [2.75, 3.05) is 0 Å². The van der Waals surface area contributed by atoms with Crippen molar-refractivity contribution in [2.24, 2.45) is 17.8 Å². The molecule has 18 heavy (non-hydrogen) atoms. The van der Waals surface area contributed by atoms with Gasteiger partial charge in [0.05, 0.1) is 6.10 Å². The van der Waals surface area contributed by atoms with Gasteiger partial charge in [0.2, 0.25) is 0 Å². The average molecular weight is 244 g/mol. The van der Waals surface area contributed by atoms with E-state index in [2.05, 4.69) is 6.08 Å². The van der Waals surface area contributed by atoms with Crippen LogP contribution in [0.2, 0.25) is 0 Å². The van der Waals surface area contributed by atoms with E-state index < -0.39 is 0 Å². The summed E-state index contributed by atoms with van der Waals surface area (Å²) in [5, 5.41) is 9.87. The highest BCUT2D eigenvalue weighted by atomic mass is 16.3. The minimum absolute atomic E-state index is 0.00502. The van der Waals surface area contributed by atoms with Gasteiger partial charge in [0.15, 0.2) is 0 Å². The first-order chi connectivity index (χ1) is 8.83. The molecule has 4 atom stereocenters. The Bertz CT molecular complexity index is 417. The third kappa shape index (κ3) is 1.63. The molecule has 1 N–H and O–H groups in total. The van der Waals surface area contributed by atoms with Gasteiger partial charge in [0.1, 0.15) is 0 Å². The summed E-state index contributed by atoms with van der Waals surface area (Å²) in [6, 6.07) is 0. The van der Waals surface area contributed by atoms with Crippen LogP contribution in [0.1, 0.15) is 57.8 Å². The Morgan fingerprint density at radius 1 is 1.00 bits per heavy atom. The van der Waals surface area contributed by atoms with Crippen molar-refractivity contribution in [3.05, 3.63) is 22.8 Å². The molecule has 4 rings (SSSR count). The predicted octanol–water partition coefficient (Wildman–Crippen LogP) is 3.98. The molecule has 0 aliphatic heterocycles. The van der Waals surface area contributed by atoms with Crippen LogP contribution in [0.4, 0.5) is 0 Å². The molecular weight excluding hydrogens is 220 g/mol. The summed E-state index contributed by atoms with van der Waals surface area (Å²) in [5.74, 6) is 2.47. The first-order valence-electron chi connectivity index (χ1n) is 7.91. The molecule has 1 heteroatoms. The van der Waals surface area contributed by atoms with Crippen LogP contribution in [-0.2, 0) is 0 Å². The van der Waals surface area contributed by atoms with Gasteiger partial charge in [-0.05, 0) is 69.6 Å². The molecule has 0 saturated heterocycles. The Kier molecular flexibility index (Phi) is 2.65. The normalized spacial score (nSPS) is 43.1. The molecule has 1 nitrogen and oxygen atoms in total. The topological polar surface area (TPSA) is 20.2 Å². The number of hydrogen-bond donors (Lipinski definition) is 1. The molecule has 0 heterocycles. The third-order valence-electron chi connectivity index (χ3n) is 6.01. The monoisotopic (exact) mass is 244 g/mol. The van der Waals surface area contributed by atoms with E-state index in [9.17, 15) is 5.11 Å². The van der Waals surface area contributed by atoms with Crippen LogP contribution < -0.4 is 0 Å². The summed E-state index contributed by atoms with van der Waals surface area (Å²) >= 11 is 0. The van der Waals surface area contributed by atoms with Crippen molar-refractivity contribution in [1.82, 2.24) is 0 Å². The van der Waals surface area contributed by atoms with Crippen molar-refractivity contribution in [3.63, 3.8) is 0 Å². The molecule has 4 unspecified atom stereocenters. The van der Waals surface area contributed by atoms with Gasteiger partial charge in [-0.3, -0.25) is 0 Å². The van der Waals surface area contributed by atoms with E-state index >= 15 is 0 Å². The number of aliphatic hydroxyl groups is 1. The summed E-state index contributed by atoms with van der Waals surface area (Å²) in [6.45, 7) is 0. The molecule has 0 aromatic rings. The fraction of sp³-hybridized carbons (Fsp3) is 0.765. The van der Waals surface area contributed by atoms with Crippen LogP contribution in [0.3, 0.4) is 0 Å². The highest BCUT2D eigenvalue weighted by molar-refractivity contribution is 5.38. The van der Waals surface area contributed by atoms with E-state index in [4.69, 9.17) is 0 Å². The van der Waals surface area contributed by atoms with Gasteiger partial charge in [0.25, 0.3) is 0 Å². The minimum atomic E-state index is -0.00502. The summed E-state index contributed by atoms with van der Waals surface area (Å²) in [7, 11) is 0. The summed E-state index contributed by atoms with van der Waals surface area (Å²) < 4.78 is 0. The van der Waals surface area contributed by atoms with E-state index in [1.807, 2.05) is 11.1 Å². The van der Waals surface area contributed by atoms with Crippen molar-refractivity contribution >= 4 is 0 Å². The van der Waals surface area contributed by atoms with Crippen LogP contribution in [0.5, 0.6) is 0 Å². The van der Waals surface area contributed by atoms with Gasteiger partial charge in [0, 0.05) is 5.92 Å². The van der Waals surface area contributed by atoms with E-state index in [1.165, 1.54) is 44.9 Å². The standard InChI is InChI=1S/C17H24O/c18-13-6-9-15-12(10-13)5-8-16-14-3-1-2-11(14)4-7-17(15)16/h4,12-15,18H,1-3,5-10H2. The molecule has 0 amide bonds. The molecule has 0 bridgehead atoms. The van der Waals surface area contributed by atoms with E-state index in [1.54, 1.807) is 5.57 Å². The SMILES string of the molecule is OC1CCC2C3=C(CCC2C1)C1CCCC1=CC3. The smallest absolute Gasteiger partial charge is 0.0543 e. The second-order valence-corrected chi connectivity index (χ2v) is 6.85. The maximum atomic E-state index is 9.87. The molecule has 0 radical (unpaired) electrons. The van der Waals surface area contributed by atoms with Crippen molar-refractivity contribution in [2.45, 2.75) is 63.9 Å². The van der Waals surface area contributed by atoms with Crippen LogP contribution in [0.25, 0.3) is 0 Å². The molecule has 0 aromatic carbocycles. The molecule has 4 aliphatic rings. The lowest BCUT2D eigenvalue weighted by molar-refractivity contribution is 0.0701. The van der Waals surface area contributed by atoms with Gasteiger partial charge >= 0.3 is 0 Å². The number of fused-ring (bicyclic) bond motifs is 4. The molecule has 4 aliphatic carbocycles. The number of rotatable bonds is 0. The molecule has 2 fully saturated rings. The quantitative estimate of drug-likeness (QED) is 0.639. The number of allylic oxidation sites excluding steroid dienone is 4. The van der Waals surface area contributed by atoms with Crippen LogP contribution >= 0.6 is 0 Å². The van der Waals surface area contributed by atoms with Crippen LogP contribution in [0.15, 0.2) is 22.8 Å². The number of aliphatic hydroxyl groups excluding tert-OH is 1. The molecule has 0 spiro atoms. The Hall–Kier alpha value is -0.560. The van der Waals surface area contributed by atoms with E-state index in [-0.39, 0.29) is 6.10 Å². The molecule has 0 aromatic heterocycles. The Labute approximate surface area is 110 Å². The van der Waals surface area contributed by atoms with Gasteiger partial charge < -0.3 is 5.11 Å². The van der Waals surface area contributed by atoms with Gasteiger partial charge in [-0.1, -0.05) is 22.8 Å². The highest BCUT2D eigenvalue weighted by Gasteiger charge is 2.40. The predicted molar refractivity (Wildman–Crippen MR) is 73.1 cm³/mol. The van der Waals surface area contributed by atoms with Gasteiger partial charge in [-0.25, -0.2) is 0 Å². The zero-order valence-corrected chi connectivity index (χ0v) is 11.2. The fourth-order valence-corrected chi connectivity index (χ4v) is 5.19. The molecular formula is C17H24O. The summed E-state index contributed by atoms with van der Waals surface area (Å²) in [5.41, 5.74) is 5.43. The van der Waals surface area contributed by atoms with E-state index in [0.29, 0.717) is 0 Å². The first-order valence-corrected chi connectivity index (χ1v) is 7.91. The second-order valence-electron chi connectivity index (χ2n) is 6.85. The summed E-state index contributed by atoms with van der Waals surface area (Å²) in [6.07, 6.45) is 14.1. The largest absolute Gasteiger partial charge is 0.393 e. The lowest BCUT2D eigenvalue weighted by Gasteiger charge is -2.43. The van der Waals surface area contributed by atoms with Crippen molar-refractivity contribution in [1.29, 1.82) is 0 Å². The Morgan fingerprint density at radius 3 is 2.89 bits per heavy atom. The highest BCUT2D eigenvalue weighted by Crippen LogP contribution is 2.52. The minimum Gasteiger partial charge on any atom is -0.393 e. The number of hydrogen-bond acceptors (Lipinski definition) is 1. The van der Waals surface area contributed by atoms with Gasteiger partial charge in [-0.15, -0.1) is 0 Å². The second kappa shape index (κ2) is 4.23. The molecule has 2 saturated carbocycles. The van der Waals surface area contributed by atoms with E-state index in [0.717, 1.165) is 30.6 Å². The maximum Gasteiger partial charge on any atom is 0.0543 e. The van der Waals surface area contributed by atoms with Crippen LogP contribution in [-0.4, -0.2) is 11.2 Å². The lowest BCUT2D eigenvalue weighted by Crippen LogP contribution is -2.33. The zero-order chi connectivity index (χ0) is 12.1. The van der Waals surface area contributed by atoms with Gasteiger partial charge in [-0.2, -0.15) is 0 Å². The lowest BCUT2D eigenvalue weighted by atomic mass is 9.63.